The molecule has 178 valence electrons. The van der Waals surface area contributed by atoms with E-state index in [1.54, 1.807) is 4.90 Å². The molecule has 1 aliphatic rings. The molecule has 5 heteroatoms. The monoisotopic (exact) mass is 450 g/mol. The quantitative estimate of drug-likeness (QED) is 0.568. The molecule has 5 nitrogen and oxygen atoms in total. The van der Waals surface area contributed by atoms with Crippen molar-refractivity contribution < 1.29 is 14.3 Å². The van der Waals surface area contributed by atoms with Crippen LogP contribution >= 0.6 is 0 Å². The van der Waals surface area contributed by atoms with Gasteiger partial charge in [-0.1, -0.05) is 68.1 Å². The zero-order chi connectivity index (χ0) is 23.8. The Morgan fingerprint density at radius 1 is 1.06 bits per heavy atom. The van der Waals surface area contributed by atoms with Crippen LogP contribution in [0.3, 0.4) is 0 Å². The zero-order valence-electron chi connectivity index (χ0n) is 20.5. The molecule has 2 aromatic carbocycles. The second-order valence-corrected chi connectivity index (χ2v) is 9.26. The van der Waals surface area contributed by atoms with E-state index in [2.05, 4.69) is 11.4 Å². The molecule has 0 radical (unpaired) electrons. The second-order valence-electron chi connectivity index (χ2n) is 9.26. The van der Waals surface area contributed by atoms with Crippen LogP contribution in [0.1, 0.15) is 67.7 Å². The van der Waals surface area contributed by atoms with Crippen molar-refractivity contribution in [2.75, 3.05) is 6.61 Å². The van der Waals surface area contributed by atoms with Crippen LogP contribution in [0.4, 0.5) is 0 Å². The number of nitrogens with one attached hydrogen (secondary N) is 1. The Kier molecular flexibility index (Phi) is 8.93. The van der Waals surface area contributed by atoms with Crippen molar-refractivity contribution in [3.63, 3.8) is 0 Å². The van der Waals surface area contributed by atoms with Gasteiger partial charge in [0.05, 0.1) is 0 Å². The van der Waals surface area contributed by atoms with Crippen molar-refractivity contribution in [1.82, 2.24) is 10.2 Å². The molecule has 1 saturated carbocycles. The first-order valence-electron chi connectivity index (χ1n) is 12.2. The molecule has 1 fully saturated rings. The first-order valence-corrected chi connectivity index (χ1v) is 12.2. The van der Waals surface area contributed by atoms with Crippen LogP contribution in [0.15, 0.2) is 42.5 Å². The number of benzene rings is 2. The van der Waals surface area contributed by atoms with E-state index in [1.165, 1.54) is 6.42 Å². The molecule has 0 saturated heterocycles. The maximum absolute atomic E-state index is 13.4. The smallest absolute Gasteiger partial charge is 0.261 e. The molecule has 0 aromatic heterocycles. The van der Waals surface area contributed by atoms with Crippen LogP contribution in [0.25, 0.3) is 0 Å². The number of rotatable bonds is 9. The third kappa shape index (κ3) is 6.83. The number of aryl methyl sites for hydroxylation is 2. The fourth-order valence-corrected chi connectivity index (χ4v) is 4.57. The van der Waals surface area contributed by atoms with Gasteiger partial charge in [0, 0.05) is 12.6 Å². The van der Waals surface area contributed by atoms with Crippen LogP contribution in [-0.2, 0) is 16.1 Å². The normalized spacial score (nSPS) is 15.0. The van der Waals surface area contributed by atoms with Gasteiger partial charge < -0.3 is 15.0 Å². The minimum absolute atomic E-state index is 0.0582. The topological polar surface area (TPSA) is 58.6 Å². The number of nitrogens with zero attached hydrogens (tertiary/aromatic N) is 1. The van der Waals surface area contributed by atoms with Crippen LogP contribution in [0, 0.1) is 20.8 Å². The average molecular weight is 451 g/mol. The number of hydrogen-bond acceptors (Lipinski definition) is 3. The molecular formula is C28H38N2O3. The van der Waals surface area contributed by atoms with Crippen LogP contribution in [-0.4, -0.2) is 35.4 Å². The highest BCUT2D eigenvalue weighted by atomic mass is 16.5. The van der Waals surface area contributed by atoms with Gasteiger partial charge >= 0.3 is 0 Å². The summed E-state index contributed by atoms with van der Waals surface area (Å²) in [6.07, 6.45) is 6.12. The Bertz CT molecular complexity index is 950. The molecule has 1 N–H and O–H groups in total. The number of ether oxygens (including phenoxy) is 1. The Morgan fingerprint density at radius 2 is 1.79 bits per heavy atom. The summed E-state index contributed by atoms with van der Waals surface area (Å²) in [6.45, 7) is 8.30. The number of amides is 2. The van der Waals surface area contributed by atoms with Gasteiger partial charge in [0.2, 0.25) is 5.91 Å². The van der Waals surface area contributed by atoms with Gasteiger partial charge in [-0.2, -0.15) is 0 Å². The largest absolute Gasteiger partial charge is 0.483 e. The van der Waals surface area contributed by atoms with E-state index < -0.39 is 6.04 Å². The zero-order valence-corrected chi connectivity index (χ0v) is 20.5. The summed E-state index contributed by atoms with van der Waals surface area (Å²) in [5, 5.41) is 3.22. The predicted molar refractivity (Wildman–Crippen MR) is 132 cm³/mol. The lowest BCUT2D eigenvalue weighted by Crippen LogP contribution is -2.52. The minimum Gasteiger partial charge on any atom is -0.483 e. The van der Waals surface area contributed by atoms with Crippen molar-refractivity contribution in [2.24, 2.45) is 0 Å². The van der Waals surface area contributed by atoms with Crippen molar-refractivity contribution in [1.29, 1.82) is 0 Å². The lowest BCUT2D eigenvalue weighted by atomic mass is 9.95. The van der Waals surface area contributed by atoms with Crippen molar-refractivity contribution in [2.45, 2.75) is 84.8 Å². The van der Waals surface area contributed by atoms with Gasteiger partial charge in [-0.25, -0.2) is 0 Å². The Hall–Kier alpha value is -2.82. The molecule has 2 amide bonds. The van der Waals surface area contributed by atoms with Gasteiger partial charge in [-0.3, -0.25) is 9.59 Å². The Morgan fingerprint density at radius 3 is 2.48 bits per heavy atom. The lowest BCUT2D eigenvalue weighted by molar-refractivity contribution is -0.143. The van der Waals surface area contributed by atoms with Crippen molar-refractivity contribution in [3.05, 3.63) is 64.7 Å². The lowest BCUT2D eigenvalue weighted by Gasteiger charge is -2.32. The van der Waals surface area contributed by atoms with Gasteiger partial charge in [0.15, 0.2) is 6.61 Å². The highest BCUT2D eigenvalue weighted by Gasteiger charge is 2.30. The van der Waals surface area contributed by atoms with Gasteiger partial charge in [-0.05, 0) is 62.8 Å². The Balaban J connectivity index is 1.78. The summed E-state index contributed by atoms with van der Waals surface area (Å²) in [5.74, 6) is 0.471. The van der Waals surface area contributed by atoms with E-state index in [1.807, 2.05) is 64.1 Å². The highest BCUT2D eigenvalue weighted by molar-refractivity contribution is 5.88. The van der Waals surface area contributed by atoms with E-state index in [-0.39, 0.29) is 24.5 Å². The molecule has 1 unspecified atom stereocenters. The third-order valence-electron chi connectivity index (χ3n) is 6.68. The molecule has 0 bridgehead atoms. The van der Waals surface area contributed by atoms with E-state index in [4.69, 9.17) is 4.74 Å². The molecule has 1 atom stereocenters. The molecule has 3 rings (SSSR count). The van der Waals surface area contributed by atoms with Crippen molar-refractivity contribution in [3.8, 4) is 5.75 Å². The molecule has 2 aromatic rings. The first-order chi connectivity index (χ1) is 15.9. The molecule has 0 spiro atoms. The van der Waals surface area contributed by atoms with Gasteiger partial charge in [-0.15, -0.1) is 0 Å². The SMILES string of the molecule is CCC(C(=O)NC1CCCCC1)N(Cc1cccc(C)c1)C(=O)COc1cccc(C)c1C. The maximum Gasteiger partial charge on any atom is 0.261 e. The molecule has 1 aliphatic carbocycles. The van der Waals surface area contributed by atoms with E-state index >= 15 is 0 Å². The summed E-state index contributed by atoms with van der Waals surface area (Å²) in [6, 6.07) is 13.6. The number of carbonyl (C=O) groups is 2. The average Bonchev–Trinajstić information content (AvgIpc) is 2.80. The molecule has 0 heterocycles. The fraction of sp³-hybridized carbons (Fsp3) is 0.500. The van der Waals surface area contributed by atoms with Crippen LogP contribution in [0.2, 0.25) is 0 Å². The minimum atomic E-state index is -0.526. The summed E-state index contributed by atoms with van der Waals surface area (Å²) in [7, 11) is 0. The fourth-order valence-electron chi connectivity index (χ4n) is 4.57. The third-order valence-corrected chi connectivity index (χ3v) is 6.68. The maximum atomic E-state index is 13.4. The number of hydrogen-bond donors (Lipinski definition) is 1. The van der Waals surface area contributed by atoms with Gasteiger partial charge in [0.1, 0.15) is 11.8 Å². The van der Waals surface area contributed by atoms with Crippen LogP contribution in [0.5, 0.6) is 5.75 Å². The standard InChI is InChI=1S/C28H38N2O3/c1-5-25(28(32)29-24-14-7-6-8-15-24)30(18-23-13-9-11-20(2)17-23)27(31)19-33-26-16-10-12-21(3)22(26)4/h9-13,16-17,24-25H,5-8,14-15,18-19H2,1-4H3,(H,29,32). The van der Waals surface area contributed by atoms with E-state index in [0.29, 0.717) is 18.7 Å². The summed E-state index contributed by atoms with van der Waals surface area (Å²) >= 11 is 0. The van der Waals surface area contributed by atoms with E-state index in [9.17, 15) is 9.59 Å². The predicted octanol–water partition coefficient (Wildman–Crippen LogP) is 5.25. The molecule has 33 heavy (non-hydrogen) atoms. The Labute approximate surface area is 198 Å². The van der Waals surface area contributed by atoms with Crippen molar-refractivity contribution >= 4 is 11.8 Å². The van der Waals surface area contributed by atoms with Gasteiger partial charge in [0.25, 0.3) is 5.91 Å². The first kappa shape index (κ1) is 24.8. The summed E-state index contributed by atoms with van der Waals surface area (Å²) < 4.78 is 5.92. The summed E-state index contributed by atoms with van der Waals surface area (Å²) in [5.41, 5.74) is 4.29. The molecular weight excluding hydrogens is 412 g/mol. The second kappa shape index (κ2) is 11.9. The molecule has 0 aliphatic heterocycles. The number of carbonyl (C=O) groups excluding carboxylic acids is 2. The van der Waals surface area contributed by atoms with E-state index in [0.717, 1.165) is 47.9 Å². The summed E-state index contributed by atoms with van der Waals surface area (Å²) in [4.78, 5) is 28.4. The van der Waals surface area contributed by atoms with Crippen LogP contribution < -0.4 is 10.1 Å². The highest BCUT2D eigenvalue weighted by Crippen LogP contribution is 2.22.